The SMILES string of the molecule is C=C(CCC)/C(N=CN)=C(/C(=O)N(CCN1CCOCC1)CC1CCCCC1)N(C)C. The standard InChI is InChI=1S/C24H43N5O2/c1-5-9-20(2)22(26-19-25)23(27(3)4)24(30)29(18-21-10-7-6-8-11-21)13-12-28-14-16-31-17-15-28/h19,21H,2,5-18H2,1,3-4H3,(H2,25,26)/b23-22+. The number of nitrogens with two attached hydrogens (primary N) is 1. The summed E-state index contributed by atoms with van der Waals surface area (Å²) in [5.74, 6) is 0.604. The number of hydrogen-bond donors (Lipinski definition) is 1. The van der Waals surface area contributed by atoms with Gasteiger partial charge in [0.1, 0.15) is 5.70 Å². The number of hydrogen-bond acceptors (Lipinski definition) is 5. The molecule has 1 saturated heterocycles. The molecule has 1 amide bonds. The summed E-state index contributed by atoms with van der Waals surface area (Å²) in [6, 6.07) is 0. The maximum absolute atomic E-state index is 13.9. The topological polar surface area (TPSA) is 74.4 Å². The Labute approximate surface area is 189 Å². The van der Waals surface area contributed by atoms with Crippen molar-refractivity contribution in [3.05, 3.63) is 23.5 Å². The highest BCUT2D eigenvalue weighted by molar-refractivity contribution is 5.94. The minimum Gasteiger partial charge on any atom is -0.390 e. The highest BCUT2D eigenvalue weighted by atomic mass is 16.5. The second-order valence-electron chi connectivity index (χ2n) is 8.93. The summed E-state index contributed by atoms with van der Waals surface area (Å²) in [6.45, 7) is 12.1. The van der Waals surface area contributed by atoms with Gasteiger partial charge in [-0.1, -0.05) is 39.2 Å². The molecule has 176 valence electrons. The molecular formula is C24H43N5O2. The maximum atomic E-state index is 13.9. The molecule has 2 rings (SSSR count). The lowest BCUT2D eigenvalue weighted by atomic mass is 9.89. The molecule has 7 nitrogen and oxygen atoms in total. The van der Waals surface area contributed by atoms with Crippen LogP contribution in [0.4, 0.5) is 0 Å². The van der Waals surface area contributed by atoms with E-state index in [1.807, 2.05) is 23.9 Å². The smallest absolute Gasteiger partial charge is 0.272 e. The number of amides is 1. The Morgan fingerprint density at radius 3 is 2.48 bits per heavy atom. The largest absolute Gasteiger partial charge is 0.390 e. The van der Waals surface area contributed by atoms with Gasteiger partial charge < -0.3 is 20.3 Å². The first kappa shape index (κ1) is 25.4. The van der Waals surface area contributed by atoms with Crippen LogP contribution in [-0.2, 0) is 9.53 Å². The molecule has 0 radical (unpaired) electrons. The van der Waals surface area contributed by atoms with Gasteiger partial charge >= 0.3 is 0 Å². The Morgan fingerprint density at radius 2 is 1.90 bits per heavy atom. The van der Waals surface area contributed by atoms with Crippen LogP contribution in [0.1, 0.15) is 51.9 Å². The zero-order valence-corrected chi connectivity index (χ0v) is 19.9. The summed E-state index contributed by atoms with van der Waals surface area (Å²) >= 11 is 0. The van der Waals surface area contributed by atoms with Crippen LogP contribution >= 0.6 is 0 Å². The molecule has 1 saturated carbocycles. The summed E-state index contributed by atoms with van der Waals surface area (Å²) in [7, 11) is 3.80. The van der Waals surface area contributed by atoms with Crippen LogP contribution in [0.3, 0.4) is 0 Å². The number of carbonyl (C=O) groups is 1. The fourth-order valence-corrected chi connectivity index (χ4v) is 4.51. The van der Waals surface area contributed by atoms with Gasteiger partial charge in [0.2, 0.25) is 0 Å². The first-order valence-corrected chi connectivity index (χ1v) is 11.9. The van der Waals surface area contributed by atoms with Crippen LogP contribution in [0.25, 0.3) is 0 Å². The number of ether oxygens (including phenoxy) is 1. The Hall–Kier alpha value is -1.86. The van der Waals surface area contributed by atoms with Crippen molar-refractivity contribution in [2.24, 2.45) is 16.6 Å². The number of aliphatic imine (C=N–C) groups is 1. The van der Waals surface area contributed by atoms with E-state index in [0.717, 1.165) is 57.8 Å². The van der Waals surface area contributed by atoms with Gasteiger partial charge in [0.15, 0.2) is 0 Å². The molecule has 0 aromatic carbocycles. The van der Waals surface area contributed by atoms with Crippen molar-refractivity contribution >= 4 is 12.2 Å². The second-order valence-corrected chi connectivity index (χ2v) is 8.93. The molecule has 0 atom stereocenters. The molecule has 0 bridgehead atoms. The molecule has 7 heteroatoms. The van der Waals surface area contributed by atoms with Crippen LogP contribution in [0.5, 0.6) is 0 Å². The number of likely N-dealkylation sites (N-methyl/N-ethyl adjacent to an activating group) is 1. The maximum Gasteiger partial charge on any atom is 0.272 e. The highest BCUT2D eigenvalue weighted by Gasteiger charge is 2.28. The van der Waals surface area contributed by atoms with E-state index in [4.69, 9.17) is 10.5 Å². The van der Waals surface area contributed by atoms with E-state index in [0.29, 0.717) is 23.9 Å². The molecule has 0 aromatic heterocycles. The first-order valence-electron chi connectivity index (χ1n) is 11.9. The van der Waals surface area contributed by atoms with Crippen molar-refractivity contribution in [1.29, 1.82) is 0 Å². The predicted octanol–water partition coefficient (Wildman–Crippen LogP) is 2.84. The lowest BCUT2D eigenvalue weighted by molar-refractivity contribution is -0.129. The Balaban J connectivity index is 2.28. The highest BCUT2D eigenvalue weighted by Crippen LogP contribution is 2.27. The number of morpholine rings is 1. The summed E-state index contributed by atoms with van der Waals surface area (Å²) in [6.07, 6.45) is 9.26. The Bertz CT molecular complexity index is 632. The van der Waals surface area contributed by atoms with E-state index in [-0.39, 0.29) is 5.91 Å². The van der Waals surface area contributed by atoms with E-state index in [9.17, 15) is 4.79 Å². The van der Waals surface area contributed by atoms with E-state index in [1.165, 1.54) is 38.4 Å². The quantitative estimate of drug-likeness (QED) is 0.235. The first-order chi connectivity index (χ1) is 15.0. The van der Waals surface area contributed by atoms with Gasteiger partial charge in [-0.2, -0.15) is 0 Å². The Kier molecular flexibility index (Phi) is 11.1. The predicted molar refractivity (Wildman–Crippen MR) is 128 cm³/mol. The number of carbonyl (C=O) groups excluding carboxylic acids is 1. The van der Waals surface area contributed by atoms with E-state index >= 15 is 0 Å². The molecule has 0 unspecified atom stereocenters. The van der Waals surface area contributed by atoms with E-state index < -0.39 is 0 Å². The van der Waals surface area contributed by atoms with Gasteiger partial charge in [0.05, 0.1) is 25.2 Å². The number of rotatable bonds is 11. The van der Waals surface area contributed by atoms with Crippen molar-refractivity contribution in [1.82, 2.24) is 14.7 Å². The molecule has 2 fully saturated rings. The number of allylic oxidation sites excluding steroid dienone is 1. The van der Waals surface area contributed by atoms with Gasteiger partial charge in [-0.15, -0.1) is 0 Å². The summed E-state index contributed by atoms with van der Waals surface area (Å²) in [5.41, 5.74) is 7.70. The number of nitrogens with zero attached hydrogens (tertiary/aromatic N) is 4. The molecular weight excluding hydrogens is 390 g/mol. The molecule has 1 heterocycles. The lowest BCUT2D eigenvalue weighted by Crippen LogP contribution is -2.46. The summed E-state index contributed by atoms with van der Waals surface area (Å²) < 4.78 is 5.48. The molecule has 0 spiro atoms. The van der Waals surface area contributed by atoms with E-state index in [1.54, 1.807) is 0 Å². The minimum atomic E-state index is 0.0293. The average molecular weight is 434 g/mol. The van der Waals surface area contributed by atoms with Crippen LogP contribution in [0.2, 0.25) is 0 Å². The molecule has 2 aliphatic rings. The molecule has 2 N–H and O–H groups in total. The summed E-state index contributed by atoms with van der Waals surface area (Å²) in [5, 5.41) is 0. The monoisotopic (exact) mass is 433 g/mol. The third-order valence-corrected chi connectivity index (χ3v) is 6.24. The third kappa shape index (κ3) is 7.96. The van der Waals surface area contributed by atoms with Crippen molar-refractivity contribution in [2.75, 3.05) is 60.0 Å². The molecule has 0 aromatic rings. The van der Waals surface area contributed by atoms with Gasteiger partial charge in [-0.25, -0.2) is 4.99 Å². The molecule has 1 aliphatic heterocycles. The molecule has 1 aliphatic carbocycles. The van der Waals surface area contributed by atoms with Crippen molar-refractivity contribution in [3.63, 3.8) is 0 Å². The minimum absolute atomic E-state index is 0.0293. The zero-order chi connectivity index (χ0) is 22.6. The van der Waals surface area contributed by atoms with Gasteiger partial charge in [0.25, 0.3) is 5.91 Å². The van der Waals surface area contributed by atoms with Crippen molar-refractivity contribution in [3.8, 4) is 0 Å². The lowest BCUT2D eigenvalue weighted by Gasteiger charge is -2.34. The van der Waals surface area contributed by atoms with Crippen LogP contribution < -0.4 is 5.73 Å². The zero-order valence-electron chi connectivity index (χ0n) is 19.9. The van der Waals surface area contributed by atoms with Crippen LogP contribution in [-0.4, -0.2) is 87.0 Å². The van der Waals surface area contributed by atoms with Crippen LogP contribution in [0.15, 0.2) is 28.5 Å². The third-order valence-electron chi connectivity index (χ3n) is 6.24. The fourth-order valence-electron chi connectivity index (χ4n) is 4.51. The average Bonchev–Trinajstić information content (AvgIpc) is 2.77. The Morgan fingerprint density at radius 1 is 1.23 bits per heavy atom. The fraction of sp³-hybridized carbons (Fsp3) is 0.750. The van der Waals surface area contributed by atoms with Gasteiger partial charge in [-0.3, -0.25) is 9.69 Å². The van der Waals surface area contributed by atoms with E-state index in [2.05, 4.69) is 23.4 Å². The molecule has 31 heavy (non-hydrogen) atoms. The van der Waals surface area contributed by atoms with Crippen LogP contribution in [0, 0.1) is 5.92 Å². The van der Waals surface area contributed by atoms with Gasteiger partial charge in [0, 0.05) is 46.8 Å². The normalized spacial score (nSPS) is 19.3. The van der Waals surface area contributed by atoms with Gasteiger partial charge in [-0.05, 0) is 30.8 Å². The van der Waals surface area contributed by atoms with Crippen molar-refractivity contribution < 1.29 is 9.53 Å². The summed E-state index contributed by atoms with van der Waals surface area (Å²) in [4.78, 5) is 24.6. The second kappa shape index (κ2) is 13.5. The van der Waals surface area contributed by atoms with Crippen molar-refractivity contribution in [2.45, 2.75) is 51.9 Å².